The van der Waals surface area contributed by atoms with Crippen LogP contribution in [0.3, 0.4) is 0 Å². The first kappa shape index (κ1) is 18.3. The van der Waals surface area contributed by atoms with Gasteiger partial charge in [-0.25, -0.2) is 4.98 Å². The van der Waals surface area contributed by atoms with E-state index in [0.29, 0.717) is 21.1 Å². The van der Waals surface area contributed by atoms with Crippen LogP contribution in [0.15, 0.2) is 45.7 Å². The molecule has 1 aromatic carbocycles. The van der Waals surface area contributed by atoms with Crippen molar-refractivity contribution in [2.24, 2.45) is 7.05 Å². The Bertz CT molecular complexity index is 987. The van der Waals surface area contributed by atoms with Gasteiger partial charge >= 0.3 is 6.61 Å². The lowest BCUT2D eigenvalue weighted by atomic mass is 10.3. The third-order valence-corrected chi connectivity index (χ3v) is 5.26. The number of alkyl halides is 2. The smallest absolute Gasteiger partial charge is 0.387 e. The molecule has 0 spiro atoms. The van der Waals surface area contributed by atoms with Crippen LogP contribution in [0.5, 0.6) is 5.75 Å². The van der Waals surface area contributed by atoms with Crippen molar-refractivity contribution in [1.82, 2.24) is 9.55 Å². The summed E-state index contributed by atoms with van der Waals surface area (Å²) in [4.78, 5) is 28.7. The van der Waals surface area contributed by atoms with E-state index in [0.717, 1.165) is 11.8 Å². The second kappa shape index (κ2) is 7.83. The van der Waals surface area contributed by atoms with E-state index in [9.17, 15) is 18.4 Å². The third-order valence-electron chi connectivity index (χ3n) is 3.34. The third kappa shape index (κ3) is 4.20. The number of carbonyl (C=O) groups excluding carboxylic acids is 1. The van der Waals surface area contributed by atoms with Crippen LogP contribution in [0.1, 0.15) is 0 Å². The van der Waals surface area contributed by atoms with E-state index < -0.39 is 6.61 Å². The molecule has 3 aromatic rings. The fourth-order valence-electron chi connectivity index (χ4n) is 2.14. The number of ether oxygens (including phenoxy) is 1. The number of anilines is 1. The first-order valence-corrected chi connectivity index (χ1v) is 9.22. The van der Waals surface area contributed by atoms with E-state index in [2.05, 4.69) is 15.0 Å². The van der Waals surface area contributed by atoms with E-state index >= 15 is 0 Å². The van der Waals surface area contributed by atoms with E-state index in [-0.39, 0.29) is 23.0 Å². The Balaban J connectivity index is 1.62. The SMILES string of the molecule is Cn1c(SCC(=O)Nc2ccc(OC(F)F)cc2)nc2ccsc2c1=O. The predicted octanol–water partition coefficient (Wildman–Crippen LogP) is 3.33. The summed E-state index contributed by atoms with van der Waals surface area (Å²) >= 11 is 2.47. The molecule has 26 heavy (non-hydrogen) atoms. The van der Waals surface area contributed by atoms with Gasteiger partial charge in [0.25, 0.3) is 5.56 Å². The van der Waals surface area contributed by atoms with E-state index in [1.165, 1.54) is 40.2 Å². The second-order valence-electron chi connectivity index (χ2n) is 5.13. The molecule has 1 N–H and O–H groups in total. The first-order valence-electron chi connectivity index (χ1n) is 7.36. The minimum atomic E-state index is -2.90. The van der Waals surface area contributed by atoms with Crippen molar-refractivity contribution in [3.8, 4) is 5.75 Å². The van der Waals surface area contributed by atoms with Gasteiger partial charge in [-0.3, -0.25) is 14.2 Å². The largest absolute Gasteiger partial charge is 0.435 e. The summed E-state index contributed by atoms with van der Waals surface area (Å²) in [5.41, 5.74) is 0.908. The molecule has 136 valence electrons. The molecule has 3 rings (SSSR count). The molecule has 0 aliphatic carbocycles. The van der Waals surface area contributed by atoms with Crippen molar-refractivity contribution >= 4 is 44.9 Å². The minimum Gasteiger partial charge on any atom is -0.435 e. The molecule has 0 bridgehead atoms. The molecule has 0 saturated heterocycles. The van der Waals surface area contributed by atoms with E-state index in [4.69, 9.17) is 0 Å². The zero-order valence-electron chi connectivity index (χ0n) is 13.4. The van der Waals surface area contributed by atoms with Gasteiger partial charge < -0.3 is 10.1 Å². The van der Waals surface area contributed by atoms with Crippen LogP contribution in [0.2, 0.25) is 0 Å². The average Bonchev–Trinajstić information content (AvgIpc) is 3.07. The molecule has 0 saturated carbocycles. The highest BCUT2D eigenvalue weighted by Crippen LogP contribution is 2.21. The van der Waals surface area contributed by atoms with Gasteiger partial charge in [-0.05, 0) is 35.7 Å². The zero-order chi connectivity index (χ0) is 18.7. The van der Waals surface area contributed by atoms with Crippen LogP contribution in [-0.2, 0) is 11.8 Å². The maximum atomic E-state index is 12.2. The number of rotatable bonds is 6. The lowest BCUT2D eigenvalue weighted by molar-refractivity contribution is -0.113. The van der Waals surface area contributed by atoms with Gasteiger partial charge in [0.15, 0.2) is 5.16 Å². The molecule has 0 radical (unpaired) electrons. The minimum absolute atomic E-state index is 0.00985. The molecule has 0 atom stereocenters. The van der Waals surface area contributed by atoms with Gasteiger partial charge in [0.1, 0.15) is 10.4 Å². The number of halogens is 2. The number of fused-ring (bicyclic) bond motifs is 1. The quantitative estimate of drug-likeness (QED) is 0.510. The van der Waals surface area contributed by atoms with Crippen LogP contribution < -0.4 is 15.6 Å². The number of aromatic nitrogens is 2. The molecule has 2 heterocycles. The van der Waals surface area contributed by atoms with Gasteiger partial charge in [0, 0.05) is 12.7 Å². The molecule has 6 nitrogen and oxygen atoms in total. The van der Waals surface area contributed by atoms with Crippen LogP contribution in [0.4, 0.5) is 14.5 Å². The highest BCUT2D eigenvalue weighted by Gasteiger charge is 2.12. The highest BCUT2D eigenvalue weighted by molar-refractivity contribution is 7.99. The number of thiophene rings is 1. The van der Waals surface area contributed by atoms with Crippen molar-refractivity contribution in [2.45, 2.75) is 11.8 Å². The maximum absolute atomic E-state index is 12.2. The predicted molar refractivity (Wildman–Crippen MR) is 97.3 cm³/mol. The average molecular weight is 397 g/mol. The van der Waals surface area contributed by atoms with Crippen molar-refractivity contribution in [1.29, 1.82) is 0 Å². The molecular formula is C16H13F2N3O3S2. The summed E-state index contributed by atoms with van der Waals surface area (Å²) in [6.45, 7) is -2.90. The van der Waals surface area contributed by atoms with Crippen molar-refractivity contribution in [2.75, 3.05) is 11.1 Å². The number of hydrogen-bond acceptors (Lipinski definition) is 6. The number of nitrogens with one attached hydrogen (secondary N) is 1. The fourth-order valence-corrected chi connectivity index (χ4v) is 3.72. The Labute approximate surface area is 154 Å². The second-order valence-corrected chi connectivity index (χ2v) is 6.99. The number of thioether (sulfide) groups is 1. The number of hydrogen-bond donors (Lipinski definition) is 1. The Hall–Kier alpha value is -2.46. The van der Waals surface area contributed by atoms with Crippen LogP contribution in [0.25, 0.3) is 10.2 Å². The molecule has 0 fully saturated rings. The summed E-state index contributed by atoms with van der Waals surface area (Å²) in [5, 5.41) is 4.88. The molecule has 0 aliphatic rings. The zero-order valence-corrected chi connectivity index (χ0v) is 15.1. The Kier molecular flexibility index (Phi) is 5.52. The topological polar surface area (TPSA) is 73.2 Å². The summed E-state index contributed by atoms with van der Waals surface area (Å²) < 4.78 is 30.4. The standard InChI is InChI=1S/C16H13F2N3O3S2/c1-21-14(23)13-11(6-7-25-13)20-16(21)26-8-12(22)19-9-2-4-10(5-3-9)24-15(17)18/h2-7,15H,8H2,1H3,(H,19,22). The van der Waals surface area contributed by atoms with Crippen LogP contribution >= 0.6 is 23.1 Å². The van der Waals surface area contributed by atoms with E-state index in [1.807, 2.05) is 0 Å². The van der Waals surface area contributed by atoms with Gasteiger partial charge in [-0.1, -0.05) is 11.8 Å². The maximum Gasteiger partial charge on any atom is 0.387 e. The Morgan fingerprint density at radius 2 is 2.08 bits per heavy atom. The number of amides is 1. The number of benzene rings is 1. The Morgan fingerprint density at radius 1 is 1.35 bits per heavy atom. The normalized spacial score (nSPS) is 11.1. The van der Waals surface area contributed by atoms with Gasteiger partial charge in [-0.2, -0.15) is 8.78 Å². The summed E-state index contributed by atoms with van der Waals surface area (Å²) in [6.07, 6.45) is 0. The van der Waals surface area contributed by atoms with Crippen molar-refractivity contribution < 1.29 is 18.3 Å². The lowest BCUT2D eigenvalue weighted by Crippen LogP contribution is -2.20. The number of carbonyl (C=O) groups is 1. The molecule has 0 aliphatic heterocycles. The van der Waals surface area contributed by atoms with Gasteiger partial charge in [0.05, 0.1) is 11.3 Å². The van der Waals surface area contributed by atoms with Crippen LogP contribution in [0, 0.1) is 0 Å². The number of nitrogens with zero attached hydrogens (tertiary/aromatic N) is 2. The Morgan fingerprint density at radius 3 is 2.77 bits per heavy atom. The first-order chi connectivity index (χ1) is 12.4. The molecule has 1 amide bonds. The monoisotopic (exact) mass is 397 g/mol. The fraction of sp³-hybridized carbons (Fsp3) is 0.188. The molecule has 2 aromatic heterocycles. The lowest BCUT2D eigenvalue weighted by Gasteiger charge is -2.09. The molecule has 0 unspecified atom stereocenters. The van der Waals surface area contributed by atoms with Crippen LogP contribution in [-0.4, -0.2) is 27.8 Å². The molecule has 10 heteroatoms. The highest BCUT2D eigenvalue weighted by atomic mass is 32.2. The van der Waals surface area contributed by atoms with Gasteiger partial charge in [0.2, 0.25) is 5.91 Å². The van der Waals surface area contributed by atoms with E-state index in [1.54, 1.807) is 18.5 Å². The summed E-state index contributed by atoms with van der Waals surface area (Å²) in [7, 11) is 1.61. The van der Waals surface area contributed by atoms with Crippen molar-refractivity contribution in [3.63, 3.8) is 0 Å². The van der Waals surface area contributed by atoms with Gasteiger partial charge in [-0.15, -0.1) is 11.3 Å². The summed E-state index contributed by atoms with van der Waals surface area (Å²) in [5.74, 6) is -0.251. The summed E-state index contributed by atoms with van der Waals surface area (Å²) in [6, 6.07) is 7.36. The van der Waals surface area contributed by atoms with Crippen molar-refractivity contribution in [3.05, 3.63) is 46.1 Å². The molecular weight excluding hydrogens is 384 g/mol.